The topological polar surface area (TPSA) is 65.2 Å². The molecule has 0 spiro atoms. The average molecular weight is 365 g/mol. The Morgan fingerprint density at radius 1 is 1.04 bits per heavy atom. The number of fused-ring (bicyclic) bond motifs is 1. The second kappa shape index (κ2) is 7.23. The van der Waals surface area contributed by atoms with E-state index in [1.165, 1.54) is 12.1 Å². The van der Waals surface area contributed by atoms with Crippen LogP contribution in [-0.4, -0.2) is 34.8 Å². The number of nitrogens with one attached hydrogen (secondary N) is 2. The Hall–Kier alpha value is -3.15. The first-order valence-electron chi connectivity index (χ1n) is 9.03. The largest absolute Gasteiger partial charge is 0.351 e. The van der Waals surface area contributed by atoms with Crippen LogP contribution in [0.1, 0.15) is 23.3 Å². The van der Waals surface area contributed by atoms with Gasteiger partial charge in [0.05, 0.1) is 0 Å². The van der Waals surface area contributed by atoms with E-state index in [4.69, 9.17) is 0 Å². The number of aromatic amines is 1. The molecule has 3 aromatic rings. The molecule has 4 rings (SSSR count). The van der Waals surface area contributed by atoms with Crippen molar-refractivity contribution < 1.29 is 14.0 Å². The molecule has 27 heavy (non-hydrogen) atoms. The van der Waals surface area contributed by atoms with Gasteiger partial charge in [-0.05, 0) is 49.2 Å². The van der Waals surface area contributed by atoms with Crippen LogP contribution in [0.25, 0.3) is 10.9 Å². The summed E-state index contributed by atoms with van der Waals surface area (Å²) in [5, 5.41) is 3.60. The highest BCUT2D eigenvalue weighted by Gasteiger charge is 2.28. The van der Waals surface area contributed by atoms with Crippen molar-refractivity contribution >= 4 is 28.4 Å². The summed E-state index contributed by atoms with van der Waals surface area (Å²) in [7, 11) is 0. The van der Waals surface area contributed by atoms with Gasteiger partial charge in [-0.2, -0.15) is 0 Å². The minimum Gasteiger partial charge on any atom is -0.351 e. The first-order valence-corrected chi connectivity index (χ1v) is 9.03. The molecule has 1 aliphatic heterocycles. The maximum Gasteiger partial charge on any atom is 0.270 e. The first-order chi connectivity index (χ1) is 13.1. The molecule has 2 aromatic carbocycles. The van der Waals surface area contributed by atoms with Crippen LogP contribution in [0, 0.1) is 11.7 Å². The van der Waals surface area contributed by atoms with Crippen LogP contribution in [-0.2, 0) is 4.79 Å². The van der Waals surface area contributed by atoms with Gasteiger partial charge < -0.3 is 15.2 Å². The SMILES string of the molecule is O=C(Nc1ccccc1)C1CCN(C(=O)c2cc3cc(F)ccc3[nH]2)CC1. The zero-order valence-corrected chi connectivity index (χ0v) is 14.7. The summed E-state index contributed by atoms with van der Waals surface area (Å²) in [6, 6.07) is 15.4. The van der Waals surface area contributed by atoms with Crippen LogP contribution < -0.4 is 5.32 Å². The lowest BCUT2D eigenvalue weighted by Gasteiger charge is -2.31. The number of amides is 2. The van der Waals surface area contributed by atoms with E-state index in [9.17, 15) is 14.0 Å². The Kier molecular flexibility index (Phi) is 4.62. The van der Waals surface area contributed by atoms with Crippen molar-refractivity contribution in [2.75, 3.05) is 18.4 Å². The Balaban J connectivity index is 1.38. The van der Waals surface area contributed by atoms with Gasteiger partial charge >= 0.3 is 0 Å². The fraction of sp³-hybridized carbons (Fsp3) is 0.238. The third kappa shape index (κ3) is 3.69. The number of piperidine rings is 1. The Morgan fingerprint density at radius 3 is 2.52 bits per heavy atom. The normalized spacial score (nSPS) is 15.1. The minimum atomic E-state index is -0.328. The summed E-state index contributed by atoms with van der Waals surface area (Å²) >= 11 is 0. The zero-order valence-electron chi connectivity index (χ0n) is 14.7. The molecule has 0 atom stereocenters. The van der Waals surface area contributed by atoms with Gasteiger partial charge in [-0.3, -0.25) is 9.59 Å². The van der Waals surface area contributed by atoms with Crippen LogP contribution in [0.5, 0.6) is 0 Å². The van der Waals surface area contributed by atoms with Crippen molar-refractivity contribution in [1.29, 1.82) is 0 Å². The third-order valence-electron chi connectivity index (χ3n) is 5.01. The van der Waals surface area contributed by atoms with E-state index < -0.39 is 0 Å². The van der Waals surface area contributed by atoms with Crippen molar-refractivity contribution in [3.8, 4) is 0 Å². The van der Waals surface area contributed by atoms with Crippen LogP contribution in [0.15, 0.2) is 54.6 Å². The van der Waals surface area contributed by atoms with Crippen LogP contribution in [0.3, 0.4) is 0 Å². The van der Waals surface area contributed by atoms with E-state index in [2.05, 4.69) is 10.3 Å². The molecule has 138 valence electrons. The number of likely N-dealkylation sites (tertiary alicyclic amines) is 1. The molecule has 0 aliphatic carbocycles. The molecule has 5 nitrogen and oxygen atoms in total. The maximum atomic E-state index is 13.3. The quantitative estimate of drug-likeness (QED) is 0.741. The fourth-order valence-electron chi connectivity index (χ4n) is 3.50. The van der Waals surface area contributed by atoms with Gasteiger partial charge in [-0.15, -0.1) is 0 Å². The number of anilines is 1. The molecule has 1 aromatic heterocycles. The number of nitrogens with zero attached hydrogens (tertiary/aromatic N) is 1. The van der Waals surface area contributed by atoms with Crippen LogP contribution >= 0.6 is 0 Å². The molecule has 0 saturated carbocycles. The van der Waals surface area contributed by atoms with E-state index in [1.54, 1.807) is 17.0 Å². The molecule has 2 amide bonds. The second-order valence-electron chi connectivity index (χ2n) is 6.84. The highest BCUT2D eigenvalue weighted by atomic mass is 19.1. The number of halogens is 1. The van der Waals surface area contributed by atoms with Gasteiger partial charge in [-0.25, -0.2) is 4.39 Å². The number of hydrogen-bond donors (Lipinski definition) is 2. The molecule has 1 saturated heterocycles. The number of aromatic nitrogens is 1. The Labute approximate surface area is 156 Å². The predicted molar refractivity (Wildman–Crippen MR) is 102 cm³/mol. The Bertz CT molecular complexity index is 976. The number of rotatable bonds is 3. The van der Waals surface area contributed by atoms with Gasteiger partial charge in [-0.1, -0.05) is 18.2 Å². The summed E-state index contributed by atoms with van der Waals surface area (Å²) in [5.74, 6) is -0.556. The standard InChI is InChI=1S/C21H20FN3O2/c22-16-6-7-18-15(12-16)13-19(24-18)21(27)25-10-8-14(9-11-25)20(26)23-17-4-2-1-3-5-17/h1-7,12-14,24H,8-11H2,(H,23,26). The number of benzene rings is 2. The monoisotopic (exact) mass is 365 g/mol. The second-order valence-corrected chi connectivity index (χ2v) is 6.84. The molecule has 1 fully saturated rings. The smallest absolute Gasteiger partial charge is 0.270 e. The van der Waals surface area contributed by atoms with E-state index in [-0.39, 0.29) is 23.5 Å². The Morgan fingerprint density at radius 2 is 1.78 bits per heavy atom. The summed E-state index contributed by atoms with van der Waals surface area (Å²) in [6.07, 6.45) is 1.25. The number of carbonyl (C=O) groups is 2. The highest BCUT2D eigenvalue weighted by molar-refractivity contribution is 5.98. The summed E-state index contributed by atoms with van der Waals surface area (Å²) < 4.78 is 13.3. The van der Waals surface area contributed by atoms with Crippen LogP contribution in [0.2, 0.25) is 0 Å². The van der Waals surface area contributed by atoms with E-state index in [0.717, 1.165) is 11.2 Å². The lowest BCUT2D eigenvalue weighted by molar-refractivity contribution is -0.121. The number of carbonyl (C=O) groups excluding carboxylic acids is 2. The molecule has 6 heteroatoms. The van der Waals surface area contributed by atoms with Crippen molar-refractivity contribution in [2.24, 2.45) is 5.92 Å². The van der Waals surface area contributed by atoms with E-state index in [0.29, 0.717) is 37.0 Å². The van der Waals surface area contributed by atoms with Crippen molar-refractivity contribution in [3.63, 3.8) is 0 Å². The zero-order chi connectivity index (χ0) is 18.8. The van der Waals surface area contributed by atoms with E-state index in [1.807, 2.05) is 30.3 Å². The van der Waals surface area contributed by atoms with Gasteiger partial charge in [0.15, 0.2) is 0 Å². The van der Waals surface area contributed by atoms with Gasteiger partial charge in [0, 0.05) is 35.6 Å². The lowest BCUT2D eigenvalue weighted by Crippen LogP contribution is -2.41. The van der Waals surface area contributed by atoms with Gasteiger partial charge in [0.1, 0.15) is 11.5 Å². The minimum absolute atomic E-state index is 0.00520. The summed E-state index contributed by atoms with van der Waals surface area (Å²) in [5.41, 5.74) is 1.96. The van der Waals surface area contributed by atoms with Crippen molar-refractivity contribution in [2.45, 2.75) is 12.8 Å². The molecule has 2 heterocycles. The average Bonchev–Trinajstić information content (AvgIpc) is 3.11. The first kappa shape index (κ1) is 17.3. The molecular weight excluding hydrogens is 345 g/mol. The summed E-state index contributed by atoms with van der Waals surface area (Å²) in [6.45, 7) is 1.05. The molecule has 0 radical (unpaired) electrons. The van der Waals surface area contributed by atoms with Gasteiger partial charge in [0.25, 0.3) is 5.91 Å². The fourth-order valence-corrected chi connectivity index (χ4v) is 3.50. The molecular formula is C21H20FN3O2. The van der Waals surface area contributed by atoms with Gasteiger partial charge in [0.2, 0.25) is 5.91 Å². The van der Waals surface area contributed by atoms with Crippen molar-refractivity contribution in [1.82, 2.24) is 9.88 Å². The molecule has 2 N–H and O–H groups in total. The summed E-state index contributed by atoms with van der Waals surface area (Å²) in [4.78, 5) is 29.9. The molecule has 0 bridgehead atoms. The number of H-pyrrole nitrogens is 1. The predicted octanol–water partition coefficient (Wildman–Crippen LogP) is 3.80. The highest BCUT2D eigenvalue weighted by Crippen LogP contribution is 2.23. The van der Waals surface area contributed by atoms with Crippen LogP contribution in [0.4, 0.5) is 10.1 Å². The number of hydrogen-bond acceptors (Lipinski definition) is 2. The maximum absolute atomic E-state index is 13.3. The third-order valence-corrected chi connectivity index (χ3v) is 5.01. The molecule has 1 aliphatic rings. The van der Waals surface area contributed by atoms with E-state index >= 15 is 0 Å². The molecule has 0 unspecified atom stereocenters. The lowest BCUT2D eigenvalue weighted by atomic mass is 9.95. The number of para-hydroxylation sites is 1. The van der Waals surface area contributed by atoms with Crippen molar-refractivity contribution in [3.05, 3.63) is 66.1 Å².